The van der Waals surface area contributed by atoms with Crippen LogP contribution in [-0.2, 0) is 11.8 Å². The minimum Gasteiger partial charge on any atom is -0.311 e. The van der Waals surface area contributed by atoms with Crippen LogP contribution in [0.5, 0.6) is 0 Å². The summed E-state index contributed by atoms with van der Waals surface area (Å²) in [4.78, 5) is 5.34. The second-order valence-electron chi connectivity index (χ2n) is 19.1. The van der Waals surface area contributed by atoms with Crippen LogP contribution in [-0.4, -0.2) is 11.3 Å². The normalized spacial score (nSPS) is 12.9. The van der Waals surface area contributed by atoms with Crippen molar-refractivity contribution in [2.45, 2.75) is 62.2 Å². The Labute approximate surface area is 393 Å². The maximum atomic E-state index is 2.69. The largest absolute Gasteiger partial charge is 0.311 e. The second-order valence-corrected chi connectivity index (χ2v) is 20.2. The Morgan fingerprint density at radius 1 is 0.500 bits per heavy atom. The monoisotopic (exact) mass is 866 g/mol. The van der Waals surface area contributed by atoms with Gasteiger partial charge in [-0.05, 0) is 123 Å². The molecule has 0 aliphatic carbocycles. The smallest absolute Gasteiger partial charge is 0.249 e. The average Bonchev–Trinajstić information content (AvgIpc) is 3.70. The number of aromatic nitrogens is 1. The first-order valence-corrected chi connectivity index (χ1v) is 24.4. The molecule has 3 heterocycles. The molecule has 66 heavy (non-hydrogen) atoms. The van der Waals surface area contributed by atoms with E-state index in [1.165, 1.54) is 115 Å². The third-order valence-corrected chi connectivity index (χ3v) is 15.1. The Hall–Kier alpha value is -7.01. The van der Waals surface area contributed by atoms with Crippen molar-refractivity contribution in [2.75, 3.05) is 4.90 Å². The van der Waals surface area contributed by atoms with Crippen molar-refractivity contribution in [1.29, 1.82) is 0 Å². The molecule has 2 nitrogen and oxygen atoms in total. The number of hydrogen-bond donors (Lipinski definition) is 0. The highest BCUT2D eigenvalue weighted by Gasteiger charge is 2.43. The van der Waals surface area contributed by atoms with E-state index in [1.54, 1.807) is 0 Å². The van der Waals surface area contributed by atoms with E-state index in [0.29, 0.717) is 0 Å². The Morgan fingerprint density at radius 2 is 1.12 bits per heavy atom. The Balaban J connectivity index is 1.15. The highest BCUT2D eigenvalue weighted by atomic mass is 32.2. The van der Waals surface area contributed by atoms with Crippen LogP contribution in [0.4, 0.5) is 17.1 Å². The number of rotatable bonds is 8. The van der Waals surface area contributed by atoms with Crippen molar-refractivity contribution in [3.05, 3.63) is 211 Å². The van der Waals surface area contributed by atoms with Crippen molar-refractivity contribution >= 4 is 73.7 Å². The SMILES string of the molecule is CCCCc1cc(-c2ccccc2)cc(-c2ccccc2)c1N1c2ccc(-c3ccccc3)cc2B2c3ccc(-n4c5ccccc5c5ccccc54)cc3Sc3cc(C(C)(C)C)cc1c32. The van der Waals surface area contributed by atoms with Crippen LogP contribution in [0, 0.1) is 0 Å². The van der Waals surface area contributed by atoms with Gasteiger partial charge in [-0.1, -0.05) is 197 Å². The highest BCUT2D eigenvalue weighted by molar-refractivity contribution is 8.00. The molecular formula is C62H51BN2S. The molecule has 12 rings (SSSR count). The first kappa shape index (κ1) is 40.5. The fourth-order valence-corrected chi connectivity index (χ4v) is 12.0. The van der Waals surface area contributed by atoms with Gasteiger partial charge < -0.3 is 9.47 Å². The molecule has 0 amide bonds. The summed E-state index contributed by atoms with van der Waals surface area (Å²) in [5.74, 6) is 0. The minimum absolute atomic E-state index is 0.0326. The predicted octanol–water partition coefficient (Wildman–Crippen LogP) is 15.2. The van der Waals surface area contributed by atoms with Gasteiger partial charge in [0.1, 0.15) is 0 Å². The lowest BCUT2D eigenvalue weighted by Crippen LogP contribution is -2.60. The van der Waals surface area contributed by atoms with Crippen molar-refractivity contribution in [1.82, 2.24) is 4.57 Å². The van der Waals surface area contributed by atoms with E-state index in [1.807, 2.05) is 11.8 Å². The molecule has 9 aromatic carbocycles. The van der Waals surface area contributed by atoms with Crippen LogP contribution in [0.15, 0.2) is 210 Å². The van der Waals surface area contributed by atoms with Crippen molar-refractivity contribution in [3.63, 3.8) is 0 Å². The van der Waals surface area contributed by atoms with E-state index < -0.39 is 0 Å². The van der Waals surface area contributed by atoms with Crippen LogP contribution < -0.4 is 21.3 Å². The molecule has 0 saturated heterocycles. The average molecular weight is 867 g/mol. The van der Waals surface area contributed by atoms with Gasteiger partial charge in [0.05, 0.1) is 16.7 Å². The Kier molecular flexibility index (Phi) is 9.91. The zero-order valence-corrected chi connectivity index (χ0v) is 38.9. The van der Waals surface area contributed by atoms with Crippen LogP contribution in [0.1, 0.15) is 51.7 Å². The summed E-state index contributed by atoms with van der Waals surface area (Å²) in [5.41, 5.74) is 21.7. The summed E-state index contributed by atoms with van der Waals surface area (Å²) in [6, 6.07) is 75.3. The number of aryl methyl sites for hydroxylation is 1. The Morgan fingerprint density at radius 3 is 1.77 bits per heavy atom. The number of para-hydroxylation sites is 2. The Bertz CT molecular complexity index is 3420. The van der Waals surface area contributed by atoms with Crippen molar-refractivity contribution < 1.29 is 0 Å². The highest BCUT2D eigenvalue weighted by Crippen LogP contribution is 2.50. The number of anilines is 3. The number of nitrogens with zero attached hydrogens (tertiary/aromatic N) is 2. The molecule has 0 atom stereocenters. The molecule has 4 heteroatoms. The molecule has 0 spiro atoms. The van der Waals surface area contributed by atoms with Gasteiger partial charge in [-0.15, -0.1) is 0 Å². The molecule has 2 aliphatic rings. The second kappa shape index (κ2) is 16.2. The summed E-state index contributed by atoms with van der Waals surface area (Å²) in [5, 5.41) is 2.56. The van der Waals surface area contributed by atoms with E-state index in [-0.39, 0.29) is 12.1 Å². The van der Waals surface area contributed by atoms with E-state index in [2.05, 4.69) is 237 Å². The van der Waals surface area contributed by atoms with E-state index >= 15 is 0 Å². The molecule has 0 N–H and O–H groups in total. The summed E-state index contributed by atoms with van der Waals surface area (Å²) in [6.07, 6.45) is 3.20. The number of unbranched alkanes of at least 4 members (excludes halogenated alkanes) is 1. The van der Waals surface area contributed by atoms with Crippen LogP contribution in [0.3, 0.4) is 0 Å². The molecule has 2 aliphatic heterocycles. The number of fused-ring (bicyclic) bond motifs is 7. The number of hydrogen-bond acceptors (Lipinski definition) is 2. The summed E-state index contributed by atoms with van der Waals surface area (Å²) in [6.45, 7) is 9.44. The van der Waals surface area contributed by atoms with Crippen LogP contribution in [0.25, 0.3) is 60.9 Å². The van der Waals surface area contributed by atoms with Gasteiger partial charge in [0.25, 0.3) is 0 Å². The van der Waals surface area contributed by atoms with Crippen LogP contribution >= 0.6 is 11.8 Å². The van der Waals surface area contributed by atoms with E-state index in [9.17, 15) is 0 Å². The standard InChI is InChI=1S/C62H51BN2S/c1-5-6-20-45-35-46(42-23-12-8-13-24-42)36-51(43-25-14-9-15-26-43)61(45)65-56-34-31-44(41-21-10-7-11-22-41)37-53(56)63-52-33-32-48(64-54-29-18-16-27-49(54)50-28-17-19-30-55(50)64)40-58(52)66-59-39-47(62(2,3)4)38-57(65)60(59)63/h7-19,21-40H,5-6,20H2,1-4H3. The molecule has 10 aromatic rings. The lowest BCUT2D eigenvalue weighted by atomic mass is 9.34. The maximum Gasteiger partial charge on any atom is 0.249 e. The van der Waals surface area contributed by atoms with Crippen molar-refractivity contribution in [3.8, 4) is 39.1 Å². The van der Waals surface area contributed by atoms with Gasteiger partial charge in [0, 0.05) is 43.2 Å². The zero-order valence-electron chi connectivity index (χ0n) is 38.1. The zero-order chi connectivity index (χ0) is 44.5. The minimum atomic E-state index is -0.0831. The molecule has 318 valence electrons. The fraction of sp³-hybridized carbons (Fsp3) is 0.129. The maximum absolute atomic E-state index is 2.69. The topological polar surface area (TPSA) is 8.17 Å². The quantitative estimate of drug-likeness (QED) is 0.141. The van der Waals surface area contributed by atoms with E-state index in [4.69, 9.17) is 0 Å². The van der Waals surface area contributed by atoms with Gasteiger partial charge >= 0.3 is 0 Å². The molecule has 0 unspecified atom stereocenters. The molecule has 0 bridgehead atoms. The third kappa shape index (κ3) is 6.73. The van der Waals surface area contributed by atoms with Gasteiger partial charge in [0.15, 0.2) is 0 Å². The summed E-state index contributed by atoms with van der Waals surface area (Å²) in [7, 11) is 0. The lowest BCUT2D eigenvalue weighted by molar-refractivity contribution is 0.589. The first-order chi connectivity index (χ1) is 32.3. The summed E-state index contributed by atoms with van der Waals surface area (Å²) < 4.78 is 2.46. The first-order valence-electron chi connectivity index (χ1n) is 23.6. The molecule has 0 radical (unpaired) electrons. The van der Waals surface area contributed by atoms with Gasteiger partial charge in [-0.2, -0.15) is 0 Å². The summed E-state index contributed by atoms with van der Waals surface area (Å²) >= 11 is 1.95. The van der Waals surface area contributed by atoms with Gasteiger partial charge in [0.2, 0.25) is 6.71 Å². The van der Waals surface area contributed by atoms with E-state index in [0.717, 1.165) is 19.3 Å². The molecule has 1 aromatic heterocycles. The lowest BCUT2D eigenvalue weighted by Gasteiger charge is -2.43. The van der Waals surface area contributed by atoms with Gasteiger partial charge in [-0.25, -0.2) is 0 Å². The third-order valence-electron chi connectivity index (χ3n) is 14.0. The van der Waals surface area contributed by atoms with Gasteiger partial charge in [-0.3, -0.25) is 0 Å². The molecular weight excluding hydrogens is 816 g/mol. The van der Waals surface area contributed by atoms with Crippen molar-refractivity contribution in [2.24, 2.45) is 0 Å². The van der Waals surface area contributed by atoms with Crippen LogP contribution in [0.2, 0.25) is 0 Å². The molecule has 0 fully saturated rings. The molecule has 0 saturated carbocycles. The number of benzene rings is 9. The fourth-order valence-electron chi connectivity index (χ4n) is 10.7. The predicted molar refractivity (Wildman–Crippen MR) is 284 cm³/mol.